The van der Waals surface area contributed by atoms with E-state index in [-0.39, 0.29) is 30.5 Å². The maximum absolute atomic E-state index is 12.6. The number of allylic oxidation sites excluding steroid dienone is 1. The van der Waals surface area contributed by atoms with Crippen LogP contribution in [0.1, 0.15) is 21.7 Å². The van der Waals surface area contributed by atoms with Gasteiger partial charge in [-0.05, 0) is 44.2 Å². The summed E-state index contributed by atoms with van der Waals surface area (Å²) in [6, 6.07) is 6.69. The van der Waals surface area contributed by atoms with E-state index in [4.69, 9.17) is 0 Å². The van der Waals surface area contributed by atoms with Crippen molar-refractivity contribution in [2.24, 2.45) is 0 Å². The Balaban J connectivity index is 1.91. The molecule has 2 rings (SSSR count). The van der Waals surface area contributed by atoms with Gasteiger partial charge in [-0.3, -0.25) is 9.59 Å². The van der Waals surface area contributed by atoms with E-state index in [2.05, 4.69) is 16.6 Å². The van der Waals surface area contributed by atoms with E-state index < -0.39 is 6.36 Å². The molecule has 0 bridgehead atoms. The smallest absolute Gasteiger partial charge is 0.406 e. The predicted molar refractivity (Wildman–Crippen MR) is 107 cm³/mol. The first-order valence-corrected chi connectivity index (χ1v) is 9.28. The van der Waals surface area contributed by atoms with Crippen LogP contribution in [-0.2, 0) is 11.3 Å². The number of carbonyl (C=O) groups is 2. The Kier molecular flexibility index (Phi) is 7.44. The summed E-state index contributed by atoms with van der Waals surface area (Å²) >= 11 is 0. The molecule has 9 heteroatoms. The number of aryl methyl sites for hydroxylation is 1. The standard InChI is InChI=1S/C21H24F3N3O3/c1-5-10-27-14(2)11-18(15(27)3)19(28)12-26(4)13-20(29)25-16-6-8-17(9-7-16)30-21(22,23)24/h5-9,11H,1,10,12-13H2,2-4H3,(H,25,29)/p+1. The highest BCUT2D eigenvalue weighted by Gasteiger charge is 2.31. The van der Waals surface area contributed by atoms with Crippen LogP contribution in [0.5, 0.6) is 5.75 Å². The second-order valence-electron chi connectivity index (χ2n) is 7.04. The van der Waals surface area contributed by atoms with Crippen molar-refractivity contribution in [2.75, 3.05) is 25.5 Å². The number of alkyl halides is 3. The van der Waals surface area contributed by atoms with E-state index in [1.807, 2.05) is 24.5 Å². The third kappa shape index (κ3) is 6.48. The minimum Gasteiger partial charge on any atom is -0.406 e. The van der Waals surface area contributed by atoms with Crippen LogP contribution >= 0.6 is 0 Å². The van der Waals surface area contributed by atoms with Crippen molar-refractivity contribution < 1.29 is 32.4 Å². The summed E-state index contributed by atoms with van der Waals surface area (Å²) in [6.07, 6.45) is -3.01. The lowest BCUT2D eigenvalue weighted by atomic mass is 10.1. The molecule has 2 aromatic rings. The Morgan fingerprint density at radius 1 is 1.20 bits per heavy atom. The molecule has 30 heavy (non-hydrogen) atoms. The number of carbonyl (C=O) groups excluding carboxylic acids is 2. The number of Topliss-reactive ketones (excluding diaryl/α,β-unsaturated/α-hetero) is 1. The zero-order valence-electron chi connectivity index (χ0n) is 17.1. The van der Waals surface area contributed by atoms with Crippen LogP contribution in [0.4, 0.5) is 18.9 Å². The highest BCUT2D eigenvalue weighted by molar-refractivity contribution is 5.98. The molecule has 6 nitrogen and oxygen atoms in total. The summed E-state index contributed by atoms with van der Waals surface area (Å²) < 4.78 is 42.3. The number of likely N-dealkylation sites (N-methyl/N-ethyl adjacent to an activating group) is 1. The number of nitrogens with one attached hydrogen (secondary N) is 2. The monoisotopic (exact) mass is 424 g/mol. The molecule has 0 spiro atoms. The molecular weight excluding hydrogens is 399 g/mol. The van der Waals surface area contributed by atoms with Crippen molar-refractivity contribution in [3.8, 4) is 5.75 Å². The quantitative estimate of drug-likeness (QED) is 0.480. The third-order valence-electron chi connectivity index (χ3n) is 4.48. The van der Waals surface area contributed by atoms with Crippen LogP contribution in [0.25, 0.3) is 0 Å². The zero-order chi connectivity index (χ0) is 22.5. The predicted octanol–water partition coefficient (Wildman–Crippen LogP) is 2.53. The lowest BCUT2D eigenvalue weighted by Gasteiger charge is -2.14. The first kappa shape index (κ1) is 23.2. The van der Waals surface area contributed by atoms with Crippen molar-refractivity contribution in [1.82, 2.24) is 4.57 Å². The molecule has 0 saturated heterocycles. The molecule has 1 unspecified atom stereocenters. The SMILES string of the molecule is C=CCn1c(C)cc(C(=O)C[NH+](C)CC(=O)Nc2ccc(OC(F)(F)F)cc2)c1C. The van der Waals surface area contributed by atoms with Crippen molar-refractivity contribution >= 4 is 17.4 Å². The highest BCUT2D eigenvalue weighted by Crippen LogP contribution is 2.23. The maximum atomic E-state index is 12.6. The van der Waals surface area contributed by atoms with Crippen LogP contribution in [0.2, 0.25) is 0 Å². The van der Waals surface area contributed by atoms with Gasteiger partial charge in [-0.2, -0.15) is 0 Å². The highest BCUT2D eigenvalue weighted by atomic mass is 19.4. The Bertz CT molecular complexity index is 918. The summed E-state index contributed by atoms with van der Waals surface area (Å²) in [5, 5.41) is 2.59. The number of rotatable bonds is 9. The summed E-state index contributed by atoms with van der Waals surface area (Å²) in [7, 11) is 1.72. The van der Waals surface area contributed by atoms with Crippen LogP contribution in [0.15, 0.2) is 43.0 Å². The number of ketones is 1. The fourth-order valence-corrected chi connectivity index (χ4v) is 3.14. The lowest BCUT2D eigenvalue weighted by Crippen LogP contribution is -3.11. The molecule has 2 N–H and O–H groups in total. The lowest BCUT2D eigenvalue weighted by molar-refractivity contribution is -0.861. The van der Waals surface area contributed by atoms with Gasteiger partial charge in [0.25, 0.3) is 5.91 Å². The summed E-state index contributed by atoms with van der Waals surface area (Å²) in [6.45, 7) is 8.28. The van der Waals surface area contributed by atoms with Crippen molar-refractivity contribution in [1.29, 1.82) is 0 Å². The van der Waals surface area contributed by atoms with Crippen molar-refractivity contribution in [2.45, 2.75) is 26.8 Å². The normalized spacial score (nSPS) is 12.3. The second kappa shape index (κ2) is 9.62. The van der Waals surface area contributed by atoms with E-state index in [1.54, 1.807) is 13.1 Å². The van der Waals surface area contributed by atoms with Gasteiger partial charge in [-0.1, -0.05) is 6.08 Å². The van der Waals surface area contributed by atoms with Gasteiger partial charge in [-0.15, -0.1) is 19.8 Å². The molecule has 1 heterocycles. The summed E-state index contributed by atoms with van der Waals surface area (Å²) in [4.78, 5) is 25.5. The molecule has 0 aliphatic rings. The average molecular weight is 424 g/mol. The van der Waals surface area contributed by atoms with E-state index in [0.29, 0.717) is 22.7 Å². The molecule has 1 aromatic heterocycles. The molecule has 0 aliphatic heterocycles. The van der Waals surface area contributed by atoms with Gasteiger partial charge in [0.2, 0.25) is 5.78 Å². The topological polar surface area (TPSA) is 64.8 Å². The first-order valence-electron chi connectivity index (χ1n) is 9.28. The van der Waals surface area contributed by atoms with E-state index in [1.165, 1.54) is 12.1 Å². The number of hydrogen-bond donors (Lipinski definition) is 2. The van der Waals surface area contributed by atoms with Gasteiger partial charge in [0.05, 0.1) is 7.05 Å². The van der Waals surface area contributed by atoms with E-state index in [0.717, 1.165) is 23.5 Å². The average Bonchev–Trinajstić information content (AvgIpc) is 2.90. The Labute approximate surface area is 172 Å². The molecule has 1 aromatic carbocycles. The van der Waals surface area contributed by atoms with Crippen LogP contribution in [-0.4, -0.2) is 42.8 Å². The van der Waals surface area contributed by atoms with Crippen LogP contribution in [0.3, 0.4) is 0 Å². The number of benzene rings is 1. The van der Waals surface area contributed by atoms with Gasteiger partial charge >= 0.3 is 6.36 Å². The summed E-state index contributed by atoms with van der Waals surface area (Å²) in [5.41, 5.74) is 2.77. The minimum atomic E-state index is -4.77. The van der Waals surface area contributed by atoms with Crippen molar-refractivity contribution in [3.05, 3.63) is 59.9 Å². The van der Waals surface area contributed by atoms with Gasteiger partial charge in [0.15, 0.2) is 6.54 Å². The molecular formula is C21H25F3N3O3+. The summed E-state index contributed by atoms with van der Waals surface area (Å²) in [5.74, 6) is -0.804. The third-order valence-corrected chi connectivity index (χ3v) is 4.48. The number of quaternary nitrogens is 1. The Morgan fingerprint density at radius 2 is 1.83 bits per heavy atom. The number of ether oxygens (including phenoxy) is 1. The molecule has 0 saturated carbocycles. The van der Waals surface area contributed by atoms with Crippen LogP contribution < -0.4 is 15.0 Å². The minimum absolute atomic E-state index is 0.0257. The number of anilines is 1. The largest absolute Gasteiger partial charge is 0.573 e. The fraction of sp³-hybridized carbons (Fsp3) is 0.333. The molecule has 1 amide bonds. The fourth-order valence-electron chi connectivity index (χ4n) is 3.14. The first-order chi connectivity index (χ1) is 14.0. The number of aromatic nitrogens is 1. The number of hydrogen-bond acceptors (Lipinski definition) is 3. The van der Waals surface area contributed by atoms with Gasteiger partial charge in [-0.25, -0.2) is 0 Å². The van der Waals surface area contributed by atoms with E-state index >= 15 is 0 Å². The molecule has 0 radical (unpaired) electrons. The van der Waals surface area contributed by atoms with Crippen molar-refractivity contribution in [3.63, 3.8) is 0 Å². The number of halogens is 3. The Hall–Kier alpha value is -3.07. The van der Waals surface area contributed by atoms with Gasteiger partial charge in [0.1, 0.15) is 12.3 Å². The number of amides is 1. The molecule has 0 fully saturated rings. The molecule has 1 atom stereocenters. The van der Waals surface area contributed by atoms with Crippen LogP contribution in [0, 0.1) is 13.8 Å². The number of nitrogens with zero attached hydrogens (tertiary/aromatic N) is 1. The molecule has 162 valence electrons. The Morgan fingerprint density at radius 3 is 2.40 bits per heavy atom. The van der Waals surface area contributed by atoms with Gasteiger partial charge < -0.3 is 19.5 Å². The van der Waals surface area contributed by atoms with Gasteiger partial charge in [0, 0.05) is 29.2 Å². The molecule has 0 aliphatic carbocycles. The maximum Gasteiger partial charge on any atom is 0.573 e. The van der Waals surface area contributed by atoms with E-state index in [9.17, 15) is 22.8 Å². The second-order valence-corrected chi connectivity index (χ2v) is 7.04. The zero-order valence-corrected chi connectivity index (χ0v) is 17.1.